The van der Waals surface area contributed by atoms with Gasteiger partial charge >= 0.3 is 0 Å². The molecule has 2 aromatic carbocycles. The monoisotopic (exact) mass is 366 g/mol. The van der Waals surface area contributed by atoms with Crippen molar-refractivity contribution in [1.29, 1.82) is 0 Å². The molecule has 1 aliphatic heterocycles. The highest BCUT2D eigenvalue weighted by atomic mass is 16.5. The Balaban J connectivity index is 1.52. The molecule has 3 rings (SSSR count). The van der Waals surface area contributed by atoms with Gasteiger partial charge < -0.3 is 10.1 Å². The first-order valence-corrected chi connectivity index (χ1v) is 8.93. The number of anilines is 1. The Morgan fingerprint density at radius 2 is 1.59 bits per heavy atom. The Kier molecular flexibility index (Phi) is 5.54. The van der Waals surface area contributed by atoms with Crippen LogP contribution >= 0.6 is 0 Å². The zero-order valence-corrected chi connectivity index (χ0v) is 15.4. The summed E-state index contributed by atoms with van der Waals surface area (Å²) in [7, 11) is 0. The largest absolute Gasteiger partial charge is 0.493 e. The second-order valence-corrected chi connectivity index (χ2v) is 6.83. The molecule has 0 unspecified atom stereocenters. The maximum absolute atomic E-state index is 12.3. The van der Waals surface area contributed by atoms with Gasteiger partial charge in [0.1, 0.15) is 5.75 Å². The van der Waals surface area contributed by atoms with Crippen molar-refractivity contribution in [3.8, 4) is 5.75 Å². The number of nitrogens with one attached hydrogen (secondary N) is 1. The minimum absolute atomic E-state index is 0.0388. The summed E-state index contributed by atoms with van der Waals surface area (Å²) in [6.07, 6.45) is 0.0388. The molecule has 0 radical (unpaired) electrons. The topological polar surface area (TPSA) is 75.7 Å². The van der Waals surface area contributed by atoms with Crippen LogP contribution in [-0.2, 0) is 4.79 Å². The number of nitrogens with zero attached hydrogens (tertiary/aromatic N) is 1. The molecule has 3 amide bonds. The van der Waals surface area contributed by atoms with Crippen molar-refractivity contribution in [2.75, 3.05) is 18.5 Å². The lowest BCUT2D eigenvalue weighted by molar-refractivity contribution is -0.116. The van der Waals surface area contributed by atoms with E-state index >= 15 is 0 Å². The van der Waals surface area contributed by atoms with Crippen LogP contribution in [0.5, 0.6) is 5.75 Å². The fourth-order valence-electron chi connectivity index (χ4n) is 2.78. The predicted octanol–water partition coefficient (Wildman–Crippen LogP) is 3.35. The average molecular weight is 366 g/mol. The Morgan fingerprint density at radius 3 is 2.15 bits per heavy atom. The van der Waals surface area contributed by atoms with Gasteiger partial charge in [-0.3, -0.25) is 19.3 Å². The molecule has 0 fully saturated rings. The van der Waals surface area contributed by atoms with Crippen LogP contribution in [0.25, 0.3) is 0 Å². The molecule has 6 heteroatoms. The number of amides is 3. The molecule has 27 heavy (non-hydrogen) atoms. The number of benzene rings is 2. The fraction of sp³-hybridized carbons (Fsp3) is 0.286. The Morgan fingerprint density at radius 1 is 1.00 bits per heavy atom. The van der Waals surface area contributed by atoms with E-state index in [1.807, 2.05) is 0 Å². The molecule has 1 heterocycles. The van der Waals surface area contributed by atoms with Crippen molar-refractivity contribution in [3.05, 3.63) is 59.7 Å². The SMILES string of the molecule is CC(C)COc1ccc(NC(=O)CCN2C(=O)c3ccccc3C2=O)cc1. The van der Waals surface area contributed by atoms with Gasteiger partial charge in [0, 0.05) is 18.7 Å². The van der Waals surface area contributed by atoms with Crippen molar-refractivity contribution in [3.63, 3.8) is 0 Å². The van der Waals surface area contributed by atoms with Gasteiger partial charge in [-0.2, -0.15) is 0 Å². The normalized spacial score (nSPS) is 13.1. The third-order valence-electron chi connectivity index (χ3n) is 4.16. The molecule has 6 nitrogen and oxygen atoms in total. The second kappa shape index (κ2) is 8.03. The summed E-state index contributed by atoms with van der Waals surface area (Å²) >= 11 is 0. The Labute approximate surface area is 158 Å². The number of fused-ring (bicyclic) bond motifs is 1. The van der Waals surface area contributed by atoms with Crippen LogP contribution in [0.15, 0.2) is 48.5 Å². The van der Waals surface area contributed by atoms with E-state index in [0.29, 0.717) is 29.3 Å². The van der Waals surface area contributed by atoms with E-state index in [4.69, 9.17) is 4.74 Å². The zero-order valence-electron chi connectivity index (χ0n) is 15.4. The summed E-state index contributed by atoms with van der Waals surface area (Å²) < 4.78 is 5.60. The molecular weight excluding hydrogens is 344 g/mol. The molecule has 0 bridgehead atoms. The minimum atomic E-state index is -0.352. The first kappa shape index (κ1) is 18.6. The number of imide groups is 1. The first-order chi connectivity index (χ1) is 13.0. The molecule has 1 N–H and O–H groups in total. The van der Waals surface area contributed by atoms with Crippen LogP contribution in [0.1, 0.15) is 41.0 Å². The number of hydrogen-bond donors (Lipinski definition) is 1. The van der Waals surface area contributed by atoms with Gasteiger partial charge in [0.15, 0.2) is 0 Å². The fourth-order valence-corrected chi connectivity index (χ4v) is 2.78. The van der Waals surface area contributed by atoms with Crippen LogP contribution in [-0.4, -0.2) is 35.8 Å². The van der Waals surface area contributed by atoms with Crippen molar-refractivity contribution < 1.29 is 19.1 Å². The third-order valence-corrected chi connectivity index (χ3v) is 4.16. The van der Waals surface area contributed by atoms with Crippen LogP contribution in [0.3, 0.4) is 0 Å². The van der Waals surface area contributed by atoms with E-state index in [9.17, 15) is 14.4 Å². The lowest BCUT2D eigenvalue weighted by Gasteiger charge is -2.14. The highest BCUT2D eigenvalue weighted by molar-refractivity contribution is 6.21. The average Bonchev–Trinajstić information content (AvgIpc) is 2.90. The van der Waals surface area contributed by atoms with Crippen molar-refractivity contribution in [1.82, 2.24) is 4.90 Å². The van der Waals surface area contributed by atoms with Gasteiger partial charge in [0.05, 0.1) is 17.7 Å². The molecule has 2 aromatic rings. The maximum atomic E-state index is 12.3. The summed E-state index contributed by atoms with van der Waals surface area (Å²) in [5.41, 5.74) is 1.42. The van der Waals surface area contributed by atoms with E-state index in [1.54, 1.807) is 48.5 Å². The van der Waals surface area contributed by atoms with Crippen LogP contribution < -0.4 is 10.1 Å². The number of carbonyl (C=O) groups excluding carboxylic acids is 3. The molecular formula is C21H22N2O4. The molecule has 0 aliphatic carbocycles. The quantitative estimate of drug-likeness (QED) is 0.763. The van der Waals surface area contributed by atoms with Gasteiger partial charge in [0.2, 0.25) is 5.91 Å². The standard InChI is InChI=1S/C21H22N2O4/c1-14(2)13-27-16-9-7-15(8-10-16)22-19(24)11-12-23-20(25)17-5-3-4-6-18(17)21(23)26/h3-10,14H,11-13H2,1-2H3,(H,22,24). The predicted molar refractivity (Wildman–Crippen MR) is 102 cm³/mol. The van der Waals surface area contributed by atoms with Crippen LogP contribution in [0.2, 0.25) is 0 Å². The van der Waals surface area contributed by atoms with E-state index < -0.39 is 0 Å². The molecule has 0 aromatic heterocycles. The highest BCUT2D eigenvalue weighted by Gasteiger charge is 2.34. The van der Waals surface area contributed by atoms with Crippen LogP contribution in [0, 0.1) is 5.92 Å². The Bertz CT molecular complexity index is 824. The number of carbonyl (C=O) groups is 3. The highest BCUT2D eigenvalue weighted by Crippen LogP contribution is 2.22. The lowest BCUT2D eigenvalue weighted by atomic mass is 10.1. The summed E-state index contributed by atoms with van der Waals surface area (Å²) in [4.78, 5) is 37.9. The summed E-state index contributed by atoms with van der Waals surface area (Å²) in [5.74, 6) is 0.215. The minimum Gasteiger partial charge on any atom is -0.493 e. The van der Waals surface area contributed by atoms with E-state index in [1.165, 1.54) is 0 Å². The number of rotatable bonds is 7. The van der Waals surface area contributed by atoms with E-state index in [-0.39, 0.29) is 30.7 Å². The van der Waals surface area contributed by atoms with Gasteiger partial charge in [-0.15, -0.1) is 0 Å². The van der Waals surface area contributed by atoms with Crippen molar-refractivity contribution in [2.24, 2.45) is 5.92 Å². The molecule has 140 valence electrons. The van der Waals surface area contributed by atoms with Gasteiger partial charge in [-0.05, 0) is 42.3 Å². The second-order valence-electron chi connectivity index (χ2n) is 6.83. The third kappa shape index (κ3) is 4.34. The number of ether oxygens (including phenoxy) is 1. The summed E-state index contributed by atoms with van der Waals surface area (Å²) in [6, 6.07) is 13.8. The van der Waals surface area contributed by atoms with Crippen molar-refractivity contribution >= 4 is 23.4 Å². The van der Waals surface area contributed by atoms with Crippen LogP contribution in [0.4, 0.5) is 5.69 Å². The lowest BCUT2D eigenvalue weighted by Crippen LogP contribution is -2.32. The van der Waals surface area contributed by atoms with E-state index in [0.717, 1.165) is 10.6 Å². The van der Waals surface area contributed by atoms with Gasteiger partial charge in [-0.1, -0.05) is 26.0 Å². The van der Waals surface area contributed by atoms with Gasteiger partial charge in [0.25, 0.3) is 11.8 Å². The van der Waals surface area contributed by atoms with Crippen molar-refractivity contribution in [2.45, 2.75) is 20.3 Å². The van der Waals surface area contributed by atoms with E-state index in [2.05, 4.69) is 19.2 Å². The summed E-state index contributed by atoms with van der Waals surface area (Å²) in [6.45, 7) is 4.83. The molecule has 0 saturated heterocycles. The molecule has 1 aliphatic rings. The Hall–Kier alpha value is -3.15. The smallest absolute Gasteiger partial charge is 0.261 e. The first-order valence-electron chi connectivity index (χ1n) is 8.93. The number of hydrogen-bond acceptors (Lipinski definition) is 4. The zero-order chi connectivity index (χ0) is 19.4. The molecule has 0 saturated carbocycles. The molecule has 0 atom stereocenters. The maximum Gasteiger partial charge on any atom is 0.261 e. The molecule has 0 spiro atoms. The van der Waals surface area contributed by atoms with Gasteiger partial charge in [-0.25, -0.2) is 0 Å². The summed E-state index contributed by atoms with van der Waals surface area (Å²) in [5, 5.41) is 2.77.